The monoisotopic (exact) mass is 705 g/mol. The van der Waals surface area contributed by atoms with Crippen LogP contribution in [-0.2, 0) is 0 Å². The molecule has 0 aliphatic carbocycles. The summed E-state index contributed by atoms with van der Waals surface area (Å²) in [6.07, 6.45) is 0. The van der Waals surface area contributed by atoms with Gasteiger partial charge in [0.05, 0.1) is 11.2 Å². The van der Waals surface area contributed by atoms with Crippen LogP contribution in [0.2, 0.25) is 0 Å². The van der Waals surface area contributed by atoms with Crippen molar-refractivity contribution in [1.82, 2.24) is 9.97 Å². The van der Waals surface area contributed by atoms with Crippen molar-refractivity contribution >= 4 is 71.8 Å². The van der Waals surface area contributed by atoms with Crippen LogP contribution < -0.4 is 4.90 Å². The van der Waals surface area contributed by atoms with Gasteiger partial charge in [0.15, 0.2) is 5.82 Å². The third-order valence-corrected chi connectivity index (χ3v) is 10.5. The second-order valence-electron chi connectivity index (χ2n) is 13.8. The van der Waals surface area contributed by atoms with Crippen molar-refractivity contribution in [2.24, 2.45) is 0 Å². The van der Waals surface area contributed by atoms with Gasteiger partial charge in [-0.25, -0.2) is 9.97 Å². The Kier molecular flexibility index (Phi) is 7.10. The number of fused-ring (bicyclic) bond motifs is 7. The van der Waals surface area contributed by atoms with Crippen molar-refractivity contribution in [2.45, 2.75) is 0 Å². The molecule has 0 spiro atoms. The Morgan fingerprint density at radius 3 is 1.76 bits per heavy atom. The third kappa shape index (κ3) is 5.24. The first kappa shape index (κ1) is 31.1. The molecule has 258 valence electrons. The Morgan fingerprint density at radius 2 is 0.964 bits per heavy atom. The van der Waals surface area contributed by atoms with Crippen LogP contribution in [0.25, 0.3) is 88.6 Å². The Hall–Kier alpha value is -7.50. The number of benzene rings is 8. The average molecular weight is 706 g/mol. The molecule has 5 nitrogen and oxygen atoms in total. The molecule has 55 heavy (non-hydrogen) atoms. The first-order valence-corrected chi connectivity index (χ1v) is 18.4. The molecule has 0 radical (unpaired) electrons. The van der Waals surface area contributed by atoms with E-state index in [9.17, 15) is 0 Å². The quantitative estimate of drug-likeness (QED) is 0.172. The van der Waals surface area contributed by atoms with Gasteiger partial charge < -0.3 is 13.7 Å². The molecule has 0 aliphatic rings. The Labute approximate surface area is 316 Å². The number of rotatable bonds is 6. The number of furan rings is 2. The minimum absolute atomic E-state index is 0.648. The molecule has 0 saturated carbocycles. The molecule has 0 amide bonds. The molecule has 0 aliphatic heterocycles. The number of nitrogens with zero attached hydrogens (tertiary/aromatic N) is 3. The van der Waals surface area contributed by atoms with Crippen LogP contribution in [0.5, 0.6) is 0 Å². The Morgan fingerprint density at radius 1 is 0.364 bits per heavy atom. The van der Waals surface area contributed by atoms with Gasteiger partial charge in [-0.15, -0.1) is 0 Å². The van der Waals surface area contributed by atoms with Crippen molar-refractivity contribution in [2.75, 3.05) is 4.90 Å². The van der Waals surface area contributed by atoms with Crippen LogP contribution in [0.15, 0.2) is 197 Å². The van der Waals surface area contributed by atoms with E-state index in [1.54, 1.807) is 0 Å². The van der Waals surface area contributed by atoms with E-state index in [1.165, 1.54) is 0 Å². The Bertz CT molecular complexity index is 3200. The van der Waals surface area contributed by atoms with E-state index >= 15 is 0 Å². The van der Waals surface area contributed by atoms with Gasteiger partial charge in [0.2, 0.25) is 0 Å². The summed E-state index contributed by atoms with van der Waals surface area (Å²) in [5.41, 5.74) is 12.4. The number of para-hydroxylation sites is 4. The summed E-state index contributed by atoms with van der Waals surface area (Å²) in [4.78, 5) is 12.6. The highest BCUT2D eigenvalue weighted by Crippen LogP contribution is 2.43. The molecule has 5 heteroatoms. The molecular weight excluding hydrogens is 675 g/mol. The second kappa shape index (κ2) is 12.6. The van der Waals surface area contributed by atoms with Crippen LogP contribution in [0, 0.1) is 0 Å². The van der Waals surface area contributed by atoms with Crippen LogP contribution in [0.1, 0.15) is 0 Å². The van der Waals surface area contributed by atoms with E-state index in [1.807, 2.05) is 60.7 Å². The zero-order chi connectivity index (χ0) is 36.3. The second-order valence-corrected chi connectivity index (χ2v) is 13.8. The molecule has 0 fully saturated rings. The van der Waals surface area contributed by atoms with Gasteiger partial charge in [-0.1, -0.05) is 115 Å². The topological polar surface area (TPSA) is 55.3 Å². The van der Waals surface area contributed by atoms with Gasteiger partial charge in [0, 0.05) is 55.1 Å². The SMILES string of the molecule is c1ccc(-c2nc(-c3cc(-c4ccc(N(c5ccccc5)c5ccc6oc7ccccc7c6c5)cc4)c4c(c3)oc3ccccc34)nc3ccccc23)cc1. The van der Waals surface area contributed by atoms with E-state index in [-0.39, 0.29) is 0 Å². The van der Waals surface area contributed by atoms with Gasteiger partial charge in [-0.2, -0.15) is 0 Å². The van der Waals surface area contributed by atoms with Crippen molar-refractivity contribution in [3.63, 3.8) is 0 Å². The fourth-order valence-corrected chi connectivity index (χ4v) is 7.90. The largest absolute Gasteiger partial charge is 0.456 e. The zero-order valence-electron chi connectivity index (χ0n) is 29.6. The van der Waals surface area contributed by atoms with Gasteiger partial charge in [0.25, 0.3) is 0 Å². The molecule has 8 aromatic carbocycles. The highest BCUT2D eigenvalue weighted by molar-refractivity contribution is 6.14. The van der Waals surface area contributed by atoms with E-state index in [2.05, 4.69) is 132 Å². The van der Waals surface area contributed by atoms with Crippen LogP contribution >= 0.6 is 0 Å². The predicted molar refractivity (Wildman–Crippen MR) is 225 cm³/mol. The minimum Gasteiger partial charge on any atom is -0.456 e. The molecule has 3 aromatic heterocycles. The van der Waals surface area contributed by atoms with Gasteiger partial charge in [0.1, 0.15) is 22.3 Å². The van der Waals surface area contributed by atoms with Crippen molar-refractivity contribution < 1.29 is 8.83 Å². The van der Waals surface area contributed by atoms with E-state index in [4.69, 9.17) is 18.8 Å². The van der Waals surface area contributed by atoms with Crippen LogP contribution in [0.4, 0.5) is 17.1 Å². The lowest BCUT2D eigenvalue weighted by Crippen LogP contribution is -2.09. The lowest BCUT2D eigenvalue weighted by molar-refractivity contribution is 0.668. The normalized spacial score (nSPS) is 11.6. The summed E-state index contributed by atoms with van der Waals surface area (Å²) in [6, 6.07) is 65.0. The maximum atomic E-state index is 6.54. The molecule has 0 unspecified atom stereocenters. The van der Waals surface area contributed by atoms with E-state index in [0.29, 0.717) is 5.82 Å². The smallest absolute Gasteiger partial charge is 0.160 e. The molecular formula is C50H31N3O2. The summed E-state index contributed by atoms with van der Waals surface area (Å²) < 4.78 is 12.7. The van der Waals surface area contributed by atoms with Crippen molar-refractivity contribution in [3.8, 4) is 33.8 Å². The van der Waals surface area contributed by atoms with E-state index < -0.39 is 0 Å². The molecule has 3 heterocycles. The maximum absolute atomic E-state index is 6.54. The standard InChI is InChI=1S/C50H31N3O2/c1-3-13-33(14-4-1)49-39-18-7-10-20-43(39)51-50(52-49)34-29-41(48-40-19-9-12-22-45(40)55-47(48)30-34)32-23-25-36(26-24-32)53(35-15-5-2-6-16-35)37-27-28-46-42(31-37)38-17-8-11-21-44(38)54-46/h1-31H. The number of aromatic nitrogens is 2. The summed E-state index contributed by atoms with van der Waals surface area (Å²) in [5.74, 6) is 0.648. The lowest BCUT2D eigenvalue weighted by atomic mass is 9.96. The molecule has 11 aromatic rings. The summed E-state index contributed by atoms with van der Waals surface area (Å²) in [5, 5.41) is 5.34. The minimum atomic E-state index is 0.648. The highest BCUT2D eigenvalue weighted by atomic mass is 16.3. The van der Waals surface area contributed by atoms with Crippen molar-refractivity contribution in [1.29, 1.82) is 0 Å². The van der Waals surface area contributed by atoms with Crippen LogP contribution in [-0.4, -0.2) is 9.97 Å². The molecule has 0 saturated heterocycles. The van der Waals surface area contributed by atoms with Gasteiger partial charge in [-0.3, -0.25) is 0 Å². The van der Waals surface area contributed by atoms with Crippen molar-refractivity contribution in [3.05, 3.63) is 188 Å². The Balaban J connectivity index is 1.08. The number of hydrogen-bond donors (Lipinski definition) is 0. The molecule has 0 N–H and O–H groups in total. The third-order valence-electron chi connectivity index (χ3n) is 10.5. The molecule has 0 atom stereocenters. The summed E-state index contributed by atoms with van der Waals surface area (Å²) in [6.45, 7) is 0. The van der Waals surface area contributed by atoms with E-state index in [0.717, 1.165) is 99.8 Å². The molecule has 0 bridgehead atoms. The molecule has 11 rings (SSSR count). The lowest BCUT2D eigenvalue weighted by Gasteiger charge is -2.25. The summed E-state index contributed by atoms with van der Waals surface area (Å²) in [7, 11) is 0. The fourth-order valence-electron chi connectivity index (χ4n) is 7.90. The summed E-state index contributed by atoms with van der Waals surface area (Å²) >= 11 is 0. The highest BCUT2D eigenvalue weighted by Gasteiger charge is 2.20. The average Bonchev–Trinajstić information content (AvgIpc) is 3.82. The zero-order valence-corrected chi connectivity index (χ0v) is 29.6. The van der Waals surface area contributed by atoms with Gasteiger partial charge in [-0.05, 0) is 83.9 Å². The fraction of sp³-hybridized carbons (Fsp3) is 0. The number of hydrogen-bond acceptors (Lipinski definition) is 5. The number of anilines is 3. The maximum Gasteiger partial charge on any atom is 0.160 e. The van der Waals surface area contributed by atoms with Crippen LogP contribution in [0.3, 0.4) is 0 Å². The first-order chi connectivity index (χ1) is 27.2. The van der Waals surface area contributed by atoms with Gasteiger partial charge >= 0.3 is 0 Å². The predicted octanol–water partition coefficient (Wildman–Crippen LogP) is 13.9. The first-order valence-electron chi connectivity index (χ1n) is 18.4.